The van der Waals surface area contributed by atoms with Crippen molar-refractivity contribution in [2.24, 2.45) is 5.73 Å². The van der Waals surface area contributed by atoms with Crippen LogP contribution in [-0.4, -0.2) is 11.9 Å². The minimum Gasteiger partial charge on any atom is -0.384 e. The van der Waals surface area contributed by atoms with Crippen LogP contribution in [0, 0.1) is 5.41 Å². The molecule has 3 N–H and O–H groups in total. The minimum absolute atomic E-state index is 0.0114. The number of nitrogens with zero attached hydrogens (tertiary/aromatic N) is 1. The van der Waals surface area contributed by atoms with E-state index in [4.69, 9.17) is 22.7 Å². The van der Waals surface area contributed by atoms with Gasteiger partial charge in [-0.3, -0.25) is 5.41 Å². The number of nitrogen functional groups attached to an aromatic ring is 1. The molecule has 1 saturated carbocycles. The van der Waals surface area contributed by atoms with Gasteiger partial charge >= 0.3 is 0 Å². The quantitative estimate of drug-likeness (QED) is 0.651. The number of amidine groups is 1. The van der Waals surface area contributed by atoms with Crippen molar-refractivity contribution in [1.82, 2.24) is 0 Å². The third-order valence-corrected chi connectivity index (χ3v) is 4.54. The fourth-order valence-electron chi connectivity index (χ4n) is 2.30. The van der Waals surface area contributed by atoms with Gasteiger partial charge in [0.15, 0.2) is 0 Å². The minimum atomic E-state index is 0.0114. The fraction of sp³-hybridized carbons (Fsp3) is 0.267. The molecule has 0 radical (unpaired) electrons. The average molecular weight is 306 g/mol. The lowest BCUT2D eigenvalue weighted by Gasteiger charge is -2.25. The molecule has 1 aromatic carbocycles. The Morgan fingerprint density at radius 3 is 2.75 bits per heavy atom. The molecule has 1 fully saturated rings. The van der Waals surface area contributed by atoms with Crippen LogP contribution in [0.15, 0.2) is 35.0 Å². The average Bonchev–Trinajstić information content (AvgIpc) is 3.12. The SMILES string of the molecule is N=C(N)c1ccc(N(Cc2ccsc2)C2CC2)cc1Cl. The van der Waals surface area contributed by atoms with E-state index in [0.717, 1.165) is 12.2 Å². The second-order valence-corrected chi connectivity index (χ2v) is 6.26. The van der Waals surface area contributed by atoms with Crippen molar-refractivity contribution in [2.45, 2.75) is 25.4 Å². The summed E-state index contributed by atoms with van der Waals surface area (Å²) in [6.45, 7) is 0.907. The summed E-state index contributed by atoms with van der Waals surface area (Å²) in [5.74, 6) is 0.0114. The van der Waals surface area contributed by atoms with Gasteiger partial charge in [0.2, 0.25) is 0 Å². The smallest absolute Gasteiger partial charge is 0.124 e. The van der Waals surface area contributed by atoms with Crippen LogP contribution in [0.2, 0.25) is 5.02 Å². The molecule has 5 heteroatoms. The summed E-state index contributed by atoms with van der Waals surface area (Å²) in [6.07, 6.45) is 2.46. The van der Waals surface area contributed by atoms with E-state index in [-0.39, 0.29) is 5.84 Å². The first-order valence-corrected chi connectivity index (χ1v) is 7.89. The maximum absolute atomic E-state index is 7.49. The van der Waals surface area contributed by atoms with Crippen molar-refractivity contribution in [3.8, 4) is 0 Å². The number of rotatable bonds is 5. The summed E-state index contributed by atoms with van der Waals surface area (Å²) in [5, 5.41) is 12.3. The molecule has 1 aromatic heterocycles. The molecule has 0 bridgehead atoms. The summed E-state index contributed by atoms with van der Waals surface area (Å²) < 4.78 is 0. The molecule has 0 atom stereocenters. The van der Waals surface area contributed by atoms with Crippen LogP contribution in [0.25, 0.3) is 0 Å². The molecule has 20 heavy (non-hydrogen) atoms. The van der Waals surface area contributed by atoms with Gasteiger partial charge in [-0.2, -0.15) is 11.3 Å². The molecule has 1 heterocycles. The Labute approximate surface area is 127 Å². The predicted molar refractivity (Wildman–Crippen MR) is 86.0 cm³/mol. The predicted octanol–water partition coefficient (Wildman–Crippen LogP) is 3.85. The van der Waals surface area contributed by atoms with Gasteiger partial charge in [-0.05, 0) is 53.4 Å². The number of hydrogen-bond acceptors (Lipinski definition) is 3. The second kappa shape index (κ2) is 5.46. The van der Waals surface area contributed by atoms with Crippen LogP contribution in [0.4, 0.5) is 5.69 Å². The highest BCUT2D eigenvalue weighted by atomic mass is 35.5. The Morgan fingerprint density at radius 1 is 1.40 bits per heavy atom. The highest BCUT2D eigenvalue weighted by Gasteiger charge is 2.29. The van der Waals surface area contributed by atoms with E-state index in [1.54, 1.807) is 11.3 Å². The highest BCUT2D eigenvalue weighted by molar-refractivity contribution is 7.07. The van der Waals surface area contributed by atoms with E-state index in [1.165, 1.54) is 18.4 Å². The fourth-order valence-corrected chi connectivity index (χ4v) is 3.23. The molecule has 104 valence electrons. The molecule has 0 unspecified atom stereocenters. The van der Waals surface area contributed by atoms with Gasteiger partial charge < -0.3 is 10.6 Å². The standard InChI is InChI=1S/C15H16ClN3S/c16-14-7-12(3-4-13(14)15(17)18)19(11-1-2-11)8-10-5-6-20-9-10/h3-7,9,11H,1-2,8H2,(H3,17,18). The van der Waals surface area contributed by atoms with Crippen LogP contribution < -0.4 is 10.6 Å². The lowest BCUT2D eigenvalue weighted by molar-refractivity contribution is 0.796. The van der Waals surface area contributed by atoms with Crippen LogP contribution >= 0.6 is 22.9 Å². The Morgan fingerprint density at radius 2 is 2.20 bits per heavy atom. The zero-order valence-corrected chi connectivity index (χ0v) is 12.5. The van der Waals surface area contributed by atoms with Gasteiger partial charge in [-0.1, -0.05) is 11.6 Å². The topological polar surface area (TPSA) is 53.1 Å². The van der Waals surface area contributed by atoms with E-state index >= 15 is 0 Å². The number of anilines is 1. The van der Waals surface area contributed by atoms with Gasteiger partial charge in [-0.15, -0.1) is 0 Å². The van der Waals surface area contributed by atoms with Crippen molar-refractivity contribution in [3.63, 3.8) is 0 Å². The zero-order chi connectivity index (χ0) is 14.1. The van der Waals surface area contributed by atoms with E-state index < -0.39 is 0 Å². The molecule has 0 aliphatic heterocycles. The summed E-state index contributed by atoms with van der Waals surface area (Å²) in [7, 11) is 0. The third kappa shape index (κ3) is 2.81. The van der Waals surface area contributed by atoms with Crippen molar-refractivity contribution in [2.75, 3.05) is 4.90 Å². The van der Waals surface area contributed by atoms with Gasteiger partial charge in [0.1, 0.15) is 5.84 Å². The van der Waals surface area contributed by atoms with Gasteiger partial charge in [-0.25, -0.2) is 0 Å². The molecule has 3 nitrogen and oxygen atoms in total. The molecule has 0 amide bonds. The molecular weight excluding hydrogens is 290 g/mol. The van der Waals surface area contributed by atoms with Gasteiger partial charge in [0, 0.05) is 23.8 Å². The first kappa shape index (κ1) is 13.5. The molecular formula is C15H16ClN3S. The third-order valence-electron chi connectivity index (χ3n) is 3.50. The Bertz CT molecular complexity index is 620. The lowest BCUT2D eigenvalue weighted by Crippen LogP contribution is -2.25. The highest BCUT2D eigenvalue weighted by Crippen LogP contribution is 2.35. The first-order chi connectivity index (χ1) is 9.65. The monoisotopic (exact) mass is 305 g/mol. The molecule has 0 spiro atoms. The van der Waals surface area contributed by atoms with E-state index in [1.807, 2.05) is 18.2 Å². The first-order valence-electron chi connectivity index (χ1n) is 6.57. The number of thiophene rings is 1. The van der Waals surface area contributed by atoms with Crippen molar-refractivity contribution in [1.29, 1.82) is 5.41 Å². The number of halogens is 1. The van der Waals surface area contributed by atoms with Crippen molar-refractivity contribution >= 4 is 34.5 Å². The second-order valence-electron chi connectivity index (χ2n) is 5.07. The van der Waals surface area contributed by atoms with Gasteiger partial charge in [0.25, 0.3) is 0 Å². The zero-order valence-electron chi connectivity index (χ0n) is 11.0. The van der Waals surface area contributed by atoms with E-state index in [9.17, 15) is 0 Å². The van der Waals surface area contributed by atoms with E-state index in [2.05, 4.69) is 21.7 Å². The van der Waals surface area contributed by atoms with E-state index in [0.29, 0.717) is 16.6 Å². The number of benzene rings is 1. The van der Waals surface area contributed by atoms with Crippen molar-refractivity contribution < 1.29 is 0 Å². The lowest BCUT2D eigenvalue weighted by atomic mass is 10.1. The largest absolute Gasteiger partial charge is 0.384 e. The number of nitrogens with one attached hydrogen (secondary N) is 1. The molecule has 1 aliphatic rings. The molecule has 0 saturated heterocycles. The Kier molecular flexibility index (Phi) is 3.68. The van der Waals surface area contributed by atoms with Crippen molar-refractivity contribution in [3.05, 3.63) is 51.2 Å². The Hall–Kier alpha value is -1.52. The molecule has 3 rings (SSSR count). The van der Waals surface area contributed by atoms with Gasteiger partial charge in [0.05, 0.1) is 5.02 Å². The van der Waals surface area contributed by atoms with Crippen LogP contribution in [0.5, 0.6) is 0 Å². The molecule has 1 aliphatic carbocycles. The number of hydrogen-bond donors (Lipinski definition) is 2. The van der Waals surface area contributed by atoms with Crippen LogP contribution in [0.1, 0.15) is 24.0 Å². The van der Waals surface area contributed by atoms with Crippen LogP contribution in [0.3, 0.4) is 0 Å². The summed E-state index contributed by atoms with van der Waals surface area (Å²) >= 11 is 7.95. The summed E-state index contributed by atoms with van der Waals surface area (Å²) in [4.78, 5) is 2.39. The maximum Gasteiger partial charge on any atom is 0.124 e. The maximum atomic E-state index is 7.49. The number of nitrogens with two attached hydrogens (primary N) is 1. The Balaban J connectivity index is 1.88. The summed E-state index contributed by atoms with van der Waals surface area (Å²) in [5.41, 5.74) is 8.54. The normalized spacial score (nSPS) is 14.2. The summed E-state index contributed by atoms with van der Waals surface area (Å²) in [6, 6.07) is 8.53. The van der Waals surface area contributed by atoms with Crippen LogP contribution in [-0.2, 0) is 6.54 Å². The molecule has 2 aromatic rings.